The molecule has 3 aromatic carbocycles. The summed E-state index contributed by atoms with van der Waals surface area (Å²) < 4.78 is 2.30. The zero-order valence-electron chi connectivity index (χ0n) is 14.6. The maximum absolute atomic E-state index is 12.5. The second-order valence-corrected chi connectivity index (χ2v) is 7.43. The van der Waals surface area contributed by atoms with Crippen LogP contribution in [0.25, 0.3) is 31.9 Å². The number of rotatable bonds is 3. The van der Waals surface area contributed by atoms with Gasteiger partial charge in [0.05, 0.1) is 27.4 Å². The summed E-state index contributed by atoms with van der Waals surface area (Å²) in [4.78, 5) is 33.8. The Bertz CT molecular complexity index is 1420. The highest BCUT2D eigenvalue weighted by Crippen LogP contribution is 2.31. The van der Waals surface area contributed by atoms with Gasteiger partial charge in [-0.15, -0.1) is 0 Å². The molecule has 2 aromatic heterocycles. The van der Waals surface area contributed by atoms with Crippen LogP contribution in [0.3, 0.4) is 0 Å². The molecule has 6 nitrogen and oxygen atoms in total. The summed E-state index contributed by atoms with van der Waals surface area (Å²) in [5.74, 6) is -0.317. The van der Waals surface area contributed by atoms with Crippen LogP contribution in [0.5, 0.6) is 0 Å². The van der Waals surface area contributed by atoms with Gasteiger partial charge in [-0.25, -0.2) is 9.97 Å². The fourth-order valence-electron chi connectivity index (χ4n) is 3.25. The molecule has 0 saturated carbocycles. The smallest absolute Gasteiger partial charge is 0.261 e. The third kappa shape index (κ3) is 2.82. The Hall–Kier alpha value is -3.58. The first kappa shape index (κ1) is 16.6. The van der Waals surface area contributed by atoms with Gasteiger partial charge in [0, 0.05) is 5.39 Å². The van der Waals surface area contributed by atoms with Crippen molar-refractivity contribution in [3.8, 4) is 0 Å². The minimum absolute atomic E-state index is 0.118. The standard InChI is InChI=1S/C21H14N4O2S/c26-18(11-25-12-22-16-8-4-3-7-15(16)20(25)27)23-21-24-19-14-6-2-1-5-13(14)9-10-17(19)28-21/h1-10,12H,11H2,(H,23,24,26). The number of para-hydroxylation sites is 1. The molecule has 0 saturated heterocycles. The summed E-state index contributed by atoms with van der Waals surface area (Å²) in [6.45, 7) is -0.118. The number of nitrogens with one attached hydrogen (secondary N) is 1. The number of fused-ring (bicyclic) bond motifs is 4. The second-order valence-electron chi connectivity index (χ2n) is 6.40. The molecule has 28 heavy (non-hydrogen) atoms. The molecule has 0 aliphatic carbocycles. The van der Waals surface area contributed by atoms with E-state index in [2.05, 4.69) is 15.3 Å². The third-order valence-corrected chi connectivity index (χ3v) is 5.51. The molecule has 136 valence electrons. The third-order valence-electron chi connectivity index (χ3n) is 4.58. The highest BCUT2D eigenvalue weighted by molar-refractivity contribution is 7.22. The Labute approximate surface area is 163 Å². The molecule has 0 spiro atoms. The lowest BCUT2D eigenvalue weighted by Crippen LogP contribution is -2.27. The van der Waals surface area contributed by atoms with E-state index in [1.807, 2.05) is 42.5 Å². The molecule has 5 aromatic rings. The summed E-state index contributed by atoms with van der Waals surface area (Å²) in [6.07, 6.45) is 1.40. The predicted molar refractivity (Wildman–Crippen MR) is 112 cm³/mol. The van der Waals surface area contributed by atoms with Crippen LogP contribution in [0.2, 0.25) is 0 Å². The van der Waals surface area contributed by atoms with Crippen LogP contribution in [0.15, 0.2) is 71.8 Å². The van der Waals surface area contributed by atoms with Crippen LogP contribution in [0.4, 0.5) is 5.13 Å². The lowest BCUT2D eigenvalue weighted by Gasteiger charge is -2.06. The molecule has 0 aliphatic heterocycles. The molecule has 0 unspecified atom stereocenters. The van der Waals surface area contributed by atoms with Crippen molar-refractivity contribution < 1.29 is 4.79 Å². The molecule has 0 bridgehead atoms. The lowest BCUT2D eigenvalue weighted by atomic mass is 10.1. The van der Waals surface area contributed by atoms with Gasteiger partial charge >= 0.3 is 0 Å². The summed E-state index contributed by atoms with van der Waals surface area (Å²) in [6, 6.07) is 19.1. The number of nitrogens with zero attached hydrogens (tertiary/aromatic N) is 3. The van der Waals surface area contributed by atoms with Crippen molar-refractivity contribution in [3.05, 3.63) is 77.3 Å². The fourth-order valence-corrected chi connectivity index (χ4v) is 4.15. The highest BCUT2D eigenvalue weighted by Gasteiger charge is 2.12. The zero-order valence-corrected chi connectivity index (χ0v) is 15.4. The van der Waals surface area contributed by atoms with E-state index in [0.29, 0.717) is 16.0 Å². The van der Waals surface area contributed by atoms with Crippen molar-refractivity contribution in [3.63, 3.8) is 0 Å². The maximum atomic E-state index is 12.5. The molecule has 0 aliphatic rings. The van der Waals surface area contributed by atoms with E-state index in [9.17, 15) is 9.59 Å². The number of anilines is 1. The normalized spacial score (nSPS) is 11.3. The quantitative estimate of drug-likeness (QED) is 0.512. The molecule has 7 heteroatoms. The number of benzene rings is 3. The molecular formula is C21H14N4O2S. The van der Waals surface area contributed by atoms with Gasteiger partial charge in [0.15, 0.2) is 5.13 Å². The van der Waals surface area contributed by atoms with Crippen LogP contribution in [0, 0.1) is 0 Å². The van der Waals surface area contributed by atoms with E-state index in [4.69, 9.17) is 0 Å². The molecule has 1 amide bonds. The van der Waals surface area contributed by atoms with Crippen LogP contribution in [-0.2, 0) is 11.3 Å². The molecule has 0 atom stereocenters. The molecule has 0 radical (unpaired) electrons. The zero-order chi connectivity index (χ0) is 19.1. The molecule has 1 N–H and O–H groups in total. The van der Waals surface area contributed by atoms with E-state index in [-0.39, 0.29) is 18.0 Å². The van der Waals surface area contributed by atoms with Gasteiger partial charge in [-0.05, 0) is 23.6 Å². The first-order chi connectivity index (χ1) is 13.7. The van der Waals surface area contributed by atoms with E-state index < -0.39 is 0 Å². The second kappa shape index (κ2) is 6.54. The molecule has 5 rings (SSSR count). The maximum Gasteiger partial charge on any atom is 0.261 e. The minimum atomic E-state index is -0.317. The summed E-state index contributed by atoms with van der Waals surface area (Å²) in [5.41, 5.74) is 1.24. The fraction of sp³-hybridized carbons (Fsp3) is 0.0476. The average Bonchev–Trinajstić information content (AvgIpc) is 3.13. The first-order valence-electron chi connectivity index (χ1n) is 8.71. The Morgan fingerprint density at radius 3 is 2.68 bits per heavy atom. The van der Waals surface area contributed by atoms with Crippen molar-refractivity contribution in [2.24, 2.45) is 0 Å². The van der Waals surface area contributed by atoms with Gasteiger partial charge in [0.2, 0.25) is 5.91 Å². The summed E-state index contributed by atoms with van der Waals surface area (Å²) in [5, 5.41) is 5.95. The van der Waals surface area contributed by atoms with Crippen molar-refractivity contribution in [2.75, 3.05) is 5.32 Å². The number of carbonyl (C=O) groups excluding carboxylic acids is 1. The van der Waals surface area contributed by atoms with Gasteiger partial charge in [-0.3, -0.25) is 14.2 Å². The van der Waals surface area contributed by atoms with Crippen molar-refractivity contribution >= 4 is 54.3 Å². The van der Waals surface area contributed by atoms with Crippen LogP contribution < -0.4 is 10.9 Å². The van der Waals surface area contributed by atoms with Crippen molar-refractivity contribution in [2.45, 2.75) is 6.54 Å². The van der Waals surface area contributed by atoms with E-state index in [1.165, 1.54) is 22.2 Å². The Morgan fingerprint density at radius 1 is 1.00 bits per heavy atom. The van der Waals surface area contributed by atoms with Gasteiger partial charge in [-0.2, -0.15) is 0 Å². The summed E-state index contributed by atoms with van der Waals surface area (Å²) >= 11 is 1.41. The average molecular weight is 386 g/mol. The number of thiazole rings is 1. The predicted octanol–water partition coefficient (Wildman–Crippen LogP) is 3.80. The van der Waals surface area contributed by atoms with E-state index in [0.717, 1.165) is 21.0 Å². The summed E-state index contributed by atoms with van der Waals surface area (Å²) in [7, 11) is 0. The van der Waals surface area contributed by atoms with Crippen LogP contribution in [0.1, 0.15) is 0 Å². The van der Waals surface area contributed by atoms with Gasteiger partial charge in [0.1, 0.15) is 6.54 Å². The van der Waals surface area contributed by atoms with Crippen molar-refractivity contribution in [1.29, 1.82) is 0 Å². The molecule has 0 fully saturated rings. The van der Waals surface area contributed by atoms with Gasteiger partial charge < -0.3 is 5.32 Å². The monoisotopic (exact) mass is 386 g/mol. The van der Waals surface area contributed by atoms with Gasteiger partial charge in [-0.1, -0.05) is 53.8 Å². The lowest BCUT2D eigenvalue weighted by molar-refractivity contribution is -0.116. The van der Waals surface area contributed by atoms with Crippen LogP contribution >= 0.6 is 11.3 Å². The molecular weight excluding hydrogens is 372 g/mol. The topological polar surface area (TPSA) is 76.9 Å². The van der Waals surface area contributed by atoms with Crippen LogP contribution in [-0.4, -0.2) is 20.4 Å². The SMILES string of the molecule is O=C(Cn1cnc2ccccc2c1=O)Nc1nc2c(ccc3ccccc32)s1. The Balaban J connectivity index is 1.43. The minimum Gasteiger partial charge on any atom is -0.300 e. The number of hydrogen-bond acceptors (Lipinski definition) is 5. The number of amides is 1. The number of carbonyl (C=O) groups is 1. The Morgan fingerprint density at radius 2 is 1.79 bits per heavy atom. The highest BCUT2D eigenvalue weighted by atomic mass is 32.1. The van der Waals surface area contributed by atoms with E-state index in [1.54, 1.807) is 18.2 Å². The largest absolute Gasteiger partial charge is 0.300 e. The van der Waals surface area contributed by atoms with Gasteiger partial charge in [0.25, 0.3) is 5.56 Å². The Kier molecular flexibility index (Phi) is 3.87. The number of hydrogen-bond donors (Lipinski definition) is 1. The molecule has 2 heterocycles. The number of aromatic nitrogens is 3. The van der Waals surface area contributed by atoms with E-state index >= 15 is 0 Å². The first-order valence-corrected chi connectivity index (χ1v) is 9.53. The van der Waals surface area contributed by atoms with Crippen molar-refractivity contribution in [1.82, 2.24) is 14.5 Å².